The maximum atomic E-state index is 10.7. The molecule has 0 aliphatic carbocycles. The second-order valence-corrected chi connectivity index (χ2v) is 6.08. The highest BCUT2D eigenvalue weighted by atomic mass is 79.9. The Hall–Kier alpha value is -1.17. The fourth-order valence-electron chi connectivity index (χ4n) is 2.14. The number of thioether (sulfide) groups is 1. The van der Waals surface area contributed by atoms with E-state index < -0.39 is 6.10 Å². The maximum Gasteiger partial charge on any atom is 0.161 e. The summed E-state index contributed by atoms with van der Waals surface area (Å²) in [5.41, 5.74) is 1.62. The molecule has 112 valence electrons. The lowest BCUT2D eigenvalue weighted by molar-refractivity contribution is 0.215. The normalized spacial score (nSPS) is 12.0. The van der Waals surface area contributed by atoms with Crippen molar-refractivity contribution < 1.29 is 14.6 Å². The first-order chi connectivity index (χ1) is 10.1. The van der Waals surface area contributed by atoms with Crippen LogP contribution in [-0.2, 0) is 0 Å². The highest BCUT2D eigenvalue weighted by Crippen LogP contribution is 2.39. The van der Waals surface area contributed by atoms with Gasteiger partial charge in [0, 0.05) is 14.9 Å². The zero-order valence-electron chi connectivity index (χ0n) is 12.1. The van der Waals surface area contributed by atoms with Crippen LogP contribution in [0, 0.1) is 0 Å². The van der Waals surface area contributed by atoms with Crippen LogP contribution in [0.4, 0.5) is 0 Å². The molecule has 0 aliphatic heterocycles. The number of aliphatic hydroxyl groups is 1. The van der Waals surface area contributed by atoms with Gasteiger partial charge in [0.05, 0.1) is 14.2 Å². The van der Waals surface area contributed by atoms with Crippen molar-refractivity contribution in [3.05, 3.63) is 52.0 Å². The lowest BCUT2D eigenvalue weighted by atomic mass is 10.0. The van der Waals surface area contributed by atoms with E-state index in [4.69, 9.17) is 9.47 Å². The van der Waals surface area contributed by atoms with Crippen molar-refractivity contribution in [1.29, 1.82) is 0 Å². The fraction of sp³-hybridized carbons (Fsp3) is 0.250. The van der Waals surface area contributed by atoms with E-state index in [0.717, 1.165) is 20.5 Å². The summed E-state index contributed by atoms with van der Waals surface area (Å²) in [7, 11) is 3.17. The zero-order chi connectivity index (χ0) is 15.4. The Labute approximate surface area is 137 Å². The molecular weight excluding hydrogens is 352 g/mol. The molecule has 0 saturated heterocycles. The van der Waals surface area contributed by atoms with Gasteiger partial charge in [0.2, 0.25) is 0 Å². The number of aliphatic hydroxyl groups excluding tert-OH is 1. The summed E-state index contributed by atoms with van der Waals surface area (Å²) in [6.45, 7) is 0. The molecule has 0 fully saturated rings. The van der Waals surface area contributed by atoms with Crippen molar-refractivity contribution in [1.82, 2.24) is 0 Å². The summed E-state index contributed by atoms with van der Waals surface area (Å²) < 4.78 is 11.4. The molecule has 1 atom stereocenters. The summed E-state index contributed by atoms with van der Waals surface area (Å²) in [4.78, 5) is 1.05. The molecule has 5 heteroatoms. The van der Waals surface area contributed by atoms with E-state index in [1.54, 1.807) is 38.1 Å². The molecule has 0 bridgehead atoms. The van der Waals surface area contributed by atoms with Gasteiger partial charge < -0.3 is 14.6 Å². The Morgan fingerprint density at radius 3 is 2.29 bits per heavy atom. The first-order valence-electron chi connectivity index (χ1n) is 6.34. The molecule has 2 aromatic carbocycles. The van der Waals surface area contributed by atoms with Gasteiger partial charge in [-0.2, -0.15) is 0 Å². The van der Waals surface area contributed by atoms with E-state index in [1.165, 1.54) is 0 Å². The van der Waals surface area contributed by atoms with Crippen molar-refractivity contribution in [3.63, 3.8) is 0 Å². The Kier molecular flexibility index (Phi) is 5.56. The summed E-state index contributed by atoms with van der Waals surface area (Å²) in [5, 5.41) is 10.7. The Balaban J connectivity index is 2.50. The highest BCUT2D eigenvalue weighted by Gasteiger charge is 2.19. The first-order valence-corrected chi connectivity index (χ1v) is 8.36. The van der Waals surface area contributed by atoms with Crippen LogP contribution in [-0.4, -0.2) is 25.6 Å². The molecule has 0 heterocycles. The van der Waals surface area contributed by atoms with E-state index in [0.29, 0.717) is 11.5 Å². The standard InChI is InChI=1S/C16H17BrO3S/c1-19-13-8-11(12(17)9-14(13)20-2)16(18)10-6-4-5-7-15(10)21-3/h4-9,16,18H,1-3H3. The lowest BCUT2D eigenvalue weighted by Crippen LogP contribution is -2.03. The Morgan fingerprint density at radius 2 is 1.67 bits per heavy atom. The number of rotatable bonds is 5. The van der Waals surface area contributed by atoms with Gasteiger partial charge in [-0.3, -0.25) is 0 Å². The van der Waals surface area contributed by atoms with Gasteiger partial charge in [0.15, 0.2) is 11.5 Å². The van der Waals surface area contributed by atoms with Gasteiger partial charge >= 0.3 is 0 Å². The average Bonchev–Trinajstić information content (AvgIpc) is 2.53. The van der Waals surface area contributed by atoms with Gasteiger partial charge in [0.1, 0.15) is 6.10 Å². The predicted molar refractivity (Wildman–Crippen MR) is 89.5 cm³/mol. The molecule has 21 heavy (non-hydrogen) atoms. The van der Waals surface area contributed by atoms with E-state index >= 15 is 0 Å². The molecule has 3 nitrogen and oxygen atoms in total. The van der Waals surface area contributed by atoms with Gasteiger partial charge in [-0.05, 0) is 30.0 Å². The Morgan fingerprint density at radius 1 is 1.05 bits per heavy atom. The predicted octanol–water partition coefficient (Wildman–Crippen LogP) is 4.27. The minimum Gasteiger partial charge on any atom is -0.493 e. The number of hydrogen-bond acceptors (Lipinski definition) is 4. The summed E-state index contributed by atoms with van der Waals surface area (Å²) in [5.74, 6) is 1.22. The van der Waals surface area contributed by atoms with Crippen molar-refractivity contribution in [2.24, 2.45) is 0 Å². The van der Waals surface area contributed by atoms with Crippen LogP contribution in [0.25, 0.3) is 0 Å². The minimum absolute atomic E-state index is 0.594. The van der Waals surface area contributed by atoms with Gasteiger partial charge in [-0.25, -0.2) is 0 Å². The molecule has 1 N–H and O–H groups in total. The molecule has 0 amide bonds. The Bertz CT molecular complexity index is 631. The van der Waals surface area contributed by atoms with Crippen LogP contribution in [0.1, 0.15) is 17.2 Å². The summed E-state index contributed by atoms with van der Waals surface area (Å²) in [6.07, 6.45) is 1.26. The number of ether oxygens (including phenoxy) is 2. The van der Waals surface area contributed by atoms with Crippen LogP contribution in [0.15, 0.2) is 45.8 Å². The largest absolute Gasteiger partial charge is 0.493 e. The third kappa shape index (κ3) is 3.36. The monoisotopic (exact) mass is 368 g/mol. The number of benzene rings is 2. The fourth-order valence-corrected chi connectivity index (χ4v) is 3.31. The van der Waals surface area contributed by atoms with Crippen molar-refractivity contribution in [2.45, 2.75) is 11.0 Å². The molecule has 0 spiro atoms. The number of methoxy groups -OCH3 is 2. The number of halogens is 1. The zero-order valence-corrected chi connectivity index (χ0v) is 14.5. The van der Waals surface area contributed by atoms with Crippen molar-refractivity contribution in [2.75, 3.05) is 20.5 Å². The number of hydrogen-bond donors (Lipinski definition) is 1. The lowest BCUT2D eigenvalue weighted by Gasteiger charge is -2.18. The third-order valence-corrected chi connectivity index (χ3v) is 4.73. The quantitative estimate of drug-likeness (QED) is 0.799. The van der Waals surface area contributed by atoms with Crippen molar-refractivity contribution in [3.8, 4) is 11.5 Å². The van der Waals surface area contributed by atoms with Gasteiger partial charge in [0.25, 0.3) is 0 Å². The minimum atomic E-state index is -0.733. The molecule has 2 rings (SSSR count). The maximum absolute atomic E-state index is 10.7. The molecule has 0 aromatic heterocycles. The van der Waals surface area contributed by atoms with Crippen LogP contribution in [0.2, 0.25) is 0 Å². The molecular formula is C16H17BrO3S. The van der Waals surface area contributed by atoms with E-state index in [9.17, 15) is 5.11 Å². The molecule has 0 radical (unpaired) electrons. The third-order valence-electron chi connectivity index (χ3n) is 3.23. The second kappa shape index (κ2) is 7.20. The second-order valence-electron chi connectivity index (χ2n) is 4.37. The first kappa shape index (κ1) is 16.2. The van der Waals surface area contributed by atoms with E-state index in [-0.39, 0.29) is 0 Å². The summed E-state index contributed by atoms with van der Waals surface area (Å²) >= 11 is 5.10. The molecule has 0 aliphatic rings. The van der Waals surface area contributed by atoms with Gasteiger partial charge in [-0.15, -0.1) is 11.8 Å². The summed E-state index contributed by atoms with van der Waals surface area (Å²) in [6, 6.07) is 11.4. The van der Waals surface area contributed by atoms with Crippen molar-refractivity contribution >= 4 is 27.7 Å². The van der Waals surface area contributed by atoms with Crippen LogP contribution in [0.5, 0.6) is 11.5 Å². The van der Waals surface area contributed by atoms with Crippen LogP contribution in [0.3, 0.4) is 0 Å². The average molecular weight is 369 g/mol. The van der Waals surface area contributed by atoms with Crippen LogP contribution >= 0.6 is 27.7 Å². The van der Waals surface area contributed by atoms with E-state index in [1.807, 2.05) is 30.5 Å². The molecule has 0 saturated carbocycles. The molecule has 2 aromatic rings. The highest BCUT2D eigenvalue weighted by molar-refractivity contribution is 9.10. The van der Waals surface area contributed by atoms with Crippen LogP contribution < -0.4 is 9.47 Å². The topological polar surface area (TPSA) is 38.7 Å². The SMILES string of the molecule is COc1cc(Br)c(C(O)c2ccccc2SC)cc1OC. The smallest absolute Gasteiger partial charge is 0.161 e. The van der Waals surface area contributed by atoms with Gasteiger partial charge in [-0.1, -0.05) is 34.1 Å². The molecule has 1 unspecified atom stereocenters. The van der Waals surface area contributed by atoms with E-state index in [2.05, 4.69) is 15.9 Å².